The van der Waals surface area contributed by atoms with Gasteiger partial charge < -0.3 is 18.9 Å². The van der Waals surface area contributed by atoms with Crippen LogP contribution < -0.4 is 18.9 Å². The maximum Gasteiger partial charge on any atom is 0.298 e. The minimum absolute atomic E-state index is 0.00768. The largest absolute Gasteiger partial charge is 0.495 e. The summed E-state index contributed by atoms with van der Waals surface area (Å²) in [5.74, 6) is -0.183. The molecule has 0 saturated heterocycles. The van der Waals surface area contributed by atoms with Crippen LogP contribution in [0.3, 0.4) is 0 Å². The first-order valence-electron chi connectivity index (χ1n) is 25.7. The number of benzene rings is 10. The summed E-state index contributed by atoms with van der Waals surface area (Å²) in [7, 11) is -12.5. The molecule has 10 aromatic rings. The minimum atomic E-state index is -5.13. The molecule has 0 aliphatic carbocycles. The molecular weight excluding hydrogens is 1220 g/mol. The fraction of sp³-hybridized carbons (Fsp3) is 0.0635. The van der Waals surface area contributed by atoms with Crippen molar-refractivity contribution in [2.24, 2.45) is 0 Å². The van der Waals surface area contributed by atoms with Crippen molar-refractivity contribution in [2.45, 2.75) is 48.3 Å². The fourth-order valence-electron chi connectivity index (χ4n) is 9.78. The van der Waals surface area contributed by atoms with Crippen LogP contribution in [0.4, 0.5) is 0 Å². The Labute approximate surface area is 507 Å². The van der Waals surface area contributed by atoms with Crippen molar-refractivity contribution >= 4 is 70.7 Å². The van der Waals surface area contributed by atoms with Gasteiger partial charge in [-0.1, -0.05) is 125 Å². The van der Waals surface area contributed by atoms with Gasteiger partial charge in [-0.3, -0.25) is 13.9 Å². The van der Waals surface area contributed by atoms with Crippen LogP contribution in [0.1, 0.15) is 49.3 Å². The molecule has 0 radical (unpaired) electrons. The molecule has 10 rings (SSSR count). The molecule has 0 unspecified atom stereocenters. The smallest absolute Gasteiger partial charge is 0.298 e. The van der Waals surface area contributed by atoms with E-state index >= 15 is 0 Å². The lowest BCUT2D eigenvalue weighted by atomic mass is 9.65. The molecule has 0 aliphatic rings. The van der Waals surface area contributed by atoms with E-state index in [0.717, 1.165) is 46.0 Å². The van der Waals surface area contributed by atoms with Crippen LogP contribution in [-0.2, 0) is 60.8 Å². The Hall–Kier alpha value is -8.44. The first-order chi connectivity index (χ1) is 41.8. The molecule has 19 nitrogen and oxygen atoms in total. The van der Waals surface area contributed by atoms with Crippen molar-refractivity contribution in [2.75, 3.05) is 7.11 Å². The summed E-state index contributed by atoms with van der Waals surface area (Å²) < 4.78 is 130. The third-order valence-corrected chi connectivity index (χ3v) is 18.7. The van der Waals surface area contributed by atoms with Gasteiger partial charge in [0.2, 0.25) is 9.84 Å². The van der Waals surface area contributed by atoms with E-state index in [9.17, 15) is 39.2 Å². The molecule has 0 amide bonds. The average Bonchev–Trinajstić information content (AvgIpc) is 3.36. The maximum absolute atomic E-state index is 14.2. The lowest BCUT2D eigenvalue weighted by molar-refractivity contribution is -0.432. The molecule has 0 heterocycles. The lowest BCUT2D eigenvalue weighted by Gasteiger charge is -2.37. The predicted octanol–water partition coefficient (Wildman–Crippen LogP) is 14.1. The van der Waals surface area contributed by atoms with E-state index in [1.165, 1.54) is 55.6 Å². The Morgan fingerprint density at radius 3 is 1.49 bits per heavy atom. The van der Waals surface area contributed by atoms with Gasteiger partial charge in [-0.05, 0) is 149 Å². The summed E-state index contributed by atoms with van der Waals surface area (Å²) in [4.78, 5) is 13.3. The van der Waals surface area contributed by atoms with Gasteiger partial charge in [0.1, 0.15) is 50.9 Å². The van der Waals surface area contributed by atoms with Crippen molar-refractivity contribution in [3.63, 3.8) is 0 Å². The van der Waals surface area contributed by atoms with Crippen LogP contribution in [-0.4, -0.2) is 57.8 Å². The second-order valence-electron chi connectivity index (χ2n) is 19.2. The summed E-state index contributed by atoms with van der Waals surface area (Å²) >= 11 is 0.921. The summed E-state index contributed by atoms with van der Waals surface area (Å²) in [6, 6.07) is 60.9. The predicted molar refractivity (Wildman–Crippen MR) is 320 cm³/mol. The van der Waals surface area contributed by atoms with Crippen LogP contribution in [0.2, 0.25) is 0 Å². The normalized spacial score (nSPS) is 12.0. The molecule has 0 aromatic heterocycles. The minimum Gasteiger partial charge on any atom is -0.495 e. The molecule has 87 heavy (non-hydrogen) atoms. The number of ether oxygens (including phenoxy) is 4. The summed E-state index contributed by atoms with van der Waals surface area (Å²) in [6.07, 6.45) is 0. The highest BCUT2D eigenvalue weighted by Gasteiger charge is 2.38. The summed E-state index contributed by atoms with van der Waals surface area (Å²) in [5, 5.41) is 26.1. The topological polar surface area (TPSA) is 274 Å². The van der Waals surface area contributed by atoms with Gasteiger partial charge in [0.05, 0.1) is 51.3 Å². The van der Waals surface area contributed by atoms with Crippen molar-refractivity contribution < 1.29 is 87.4 Å². The zero-order valence-corrected chi connectivity index (χ0v) is 49.5. The van der Waals surface area contributed by atoms with Gasteiger partial charge in [0.25, 0.3) is 20.2 Å². The highest BCUT2D eigenvalue weighted by Crippen LogP contribution is 2.47. The van der Waals surface area contributed by atoms with Gasteiger partial charge in [-0.15, -0.1) is 8.67 Å². The van der Waals surface area contributed by atoms with Gasteiger partial charge >= 0.3 is 0 Å². The van der Waals surface area contributed by atoms with Crippen molar-refractivity contribution in [3.05, 3.63) is 263 Å². The molecular formula is C63H48O19S5. The average molecular weight is 1270 g/mol. The molecule has 10 aromatic carbocycles. The standard InChI is InChI=1S/C63H48O19S5/c1-40-13-28-53(29-14-40)85(67,68)54-30-26-52(27-31-54)77-51-24-20-49(21-25-51)63(46-9-5-3-6-10-46,47-11-7-4-8-12-47)48-18-22-50(23-19-48)76-39-43-16-15-41(35-58(43)83-81-79-65)62(64)42-17-32-55(60(37-42)86(69,70)71)78-56-33-44-34-57(75-2)61(87(72,73)74)38-45(44)36-59(56)84-82-80-66/h3-38,65-66H,39H2,1-2H3,(H,69,70,71)(H,72,73,74). The summed E-state index contributed by atoms with van der Waals surface area (Å²) in [6.45, 7) is 1.81. The number of ketones is 1. The number of rotatable bonds is 24. The maximum atomic E-state index is 14.2. The SMILES string of the molecule is COc1cc2cc(Oc3ccc(C(=O)c4ccc(COc5ccc(C(c6ccccc6)(c6ccccc6)c6ccc(Oc7ccc(S(=O)(=O)c8ccc(C)cc8)cc7)cc6)cc5)c(SOOO)c4)cc3S(=O)(=O)O)c(SOOO)cc2cc1S(=O)(=O)O. The van der Waals surface area contributed by atoms with Gasteiger partial charge in [-0.2, -0.15) is 16.8 Å². The monoisotopic (exact) mass is 1270 g/mol. The molecule has 0 bridgehead atoms. The number of sulfone groups is 1. The van der Waals surface area contributed by atoms with E-state index < -0.39 is 56.8 Å². The number of methoxy groups -OCH3 is 1. The van der Waals surface area contributed by atoms with Crippen molar-refractivity contribution in [3.8, 4) is 34.5 Å². The van der Waals surface area contributed by atoms with Crippen LogP contribution in [0.5, 0.6) is 34.5 Å². The van der Waals surface area contributed by atoms with Crippen LogP contribution in [0.25, 0.3) is 10.8 Å². The van der Waals surface area contributed by atoms with Gasteiger partial charge in [0, 0.05) is 21.6 Å². The number of carbonyl (C=O) groups excluding carboxylic acids is 1. The van der Waals surface area contributed by atoms with E-state index in [-0.39, 0.29) is 59.6 Å². The van der Waals surface area contributed by atoms with Crippen LogP contribution in [0.15, 0.2) is 248 Å². The van der Waals surface area contributed by atoms with Gasteiger partial charge in [0.15, 0.2) is 5.78 Å². The van der Waals surface area contributed by atoms with Crippen LogP contribution in [0, 0.1) is 6.92 Å². The summed E-state index contributed by atoms with van der Waals surface area (Å²) in [5.41, 5.74) is 4.05. The molecule has 444 valence electrons. The Morgan fingerprint density at radius 2 is 0.943 bits per heavy atom. The first kappa shape index (κ1) is 61.6. The number of hydrogen-bond acceptors (Lipinski definition) is 19. The Kier molecular flexibility index (Phi) is 18.6. The first-order valence-corrected chi connectivity index (χ1v) is 31.6. The molecule has 0 saturated carbocycles. The zero-order chi connectivity index (χ0) is 61.5. The fourth-order valence-corrected chi connectivity index (χ4v) is 13.3. The number of aryl methyl sites for hydroxylation is 1. The Bertz CT molecular complexity index is 4440. The third kappa shape index (κ3) is 13.6. The van der Waals surface area contributed by atoms with E-state index in [4.69, 9.17) is 33.8 Å². The molecule has 0 atom stereocenters. The second-order valence-corrected chi connectivity index (χ2v) is 25.4. The number of carbonyl (C=O) groups is 1. The lowest BCUT2D eigenvalue weighted by Crippen LogP contribution is -2.30. The molecule has 4 N–H and O–H groups in total. The van der Waals surface area contributed by atoms with Crippen LogP contribution >= 0.6 is 24.1 Å². The highest BCUT2D eigenvalue weighted by atomic mass is 32.2. The van der Waals surface area contributed by atoms with E-state index in [0.29, 0.717) is 46.9 Å². The second kappa shape index (κ2) is 26.3. The molecule has 24 heteroatoms. The highest BCUT2D eigenvalue weighted by molar-refractivity contribution is 7.95. The number of fused-ring (bicyclic) bond motifs is 1. The molecule has 0 aliphatic heterocycles. The Balaban J connectivity index is 0.900. The molecule has 0 spiro atoms. The Morgan fingerprint density at radius 1 is 0.471 bits per heavy atom. The van der Waals surface area contributed by atoms with E-state index in [2.05, 4.69) is 38.7 Å². The number of hydrogen-bond donors (Lipinski definition) is 4. The van der Waals surface area contributed by atoms with E-state index in [1.807, 2.05) is 91.9 Å². The zero-order valence-electron chi connectivity index (χ0n) is 45.4. The quantitative estimate of drug-likeness (QED) is 0.0109. The van der Waals surface area contributed by atoms with Gasteiger partial charge in [-0.25, -0.2) is 18.9 Å². The third-order valence-electron chi connectivity index (χ3n) is 13.9. The molecule has 0 fully saturated rings. The van der Waals surface area contributed by atoms with Crippen molar-refractivity contribution in [1.29, 1.82) is 0 Å². The van der Waals surface area contributed by atoms with E-state index in [1.54, 1.807) is 42.5 Å². The van der Waals surface area contributed by atoms with Crippen molar-refractivity contribution in [1.82, 2.24) is 0 Å².